The molecule has 4 nitrogen and oxygen atoms in total. The number of nitrogens with two attached hydrogens (primary N) is 1. The van der Waals surface area contributed by atoms with Crippen molar-refractivity contribution in [2.45, 2.75) is 5.97 Å². The van der Waals surface area contributed by atoms with Gasteiger partial charge in [-0.3, -0.25) is 16.4 Å². The molecule has 0 amide bonds. The summed E-state index contributed by atoms with van der Waals surface area (Å²) in [7, 11) is 3.10. The van der Waals surface area contributed by atoms with Crippen molar-refractivity contribution in [3.05, 3.63) is 0 Å². The van der Waals surface area contributed by atoms with Gasteiger partial charge in [0.25, 0.3) is 0 Å². The molecule has 0 aromatic rings. The molecule has 7 heavy (non-hydrogen) atoms. The van der Waals surface area contributed by atoms with Crippen LogP contribution in [0.2, 0.25) is 0 Å². The van der Waals surface area contributed by atoms with Gasteiger partial charge >= 0.3 is 0 Å². The van der Waals surface area contributed by atoms with Crippen LogP contribution >= 0.6 is 0 Å². The molecule has 0 aliphatic rings. The highest BCUT2D eigenvalue weighted by Crippen LogP contribution is 1.72. The lowest BCUT2D eigenvalue weighted by Gasteiger charge is -2.19. The van der Waals surface area contributed by atoms with Gasteiger partial charge in [-0.05, 0) is 14.1 Å². The van der Waals surface area contributed by atoms with Crippen molar-refractivity contribution in [3.63, 3.8) is 0 Å². The minimum atomic E-state index is -1.42. The van der Waals surface area contributed by atoms with E-state index in [4.69, 9.17) is 10.8 Å². The molecule has 0 atom stereocenters. The second-order valence-electron chi connectivity index (χ2n) is 1.27. The second-order valence-corrected chi connectivity index (χ2v) is 1.27. The third kappa shape index (κ3) is 2.52. The van der Waals surface area contributed by atoms with Crippen LogP contribution in [-0.4, -0.2) is 25.2 Å². The molecule has 44 valence electrons. The summed E-state index contributed by atoms with van der Waals surface area (Å²) in [5.74, 6) is -1.42. The quantitative estimate of drug-likeness (QED) is 0.306. The molecule has 0 fully saturated rings. The fourth-order valence-corrected chi connectivity index (χ4v) is 0.125. The van der Waals surface area contributed by atoms with Crippen LogP contribution in [0.3, 0.4) is 0 Å². The average Bonchev–Trinajstić information content (AvgIpc) is 1.68. The molecule has 0 spiro atoms. The number of rotatable bonds is 2. The van der Waals surface area contributed by atoms with Crippen LogP contribution in [0.15, 0.2) is 0 Å². The summed E-state index contributed by atoms with van der Waals surface area (Å²) >= 11 is 0. The van der Waals surface area contributed by atoms with Gasteiger partial charge in [-0.15, -0.1) is 0 Å². The van der Waals surface area contributed by atoms with E-state index < -0.39 is 5.97 Å². The first-order valence-corrected chi connectivity index (χ1v) is 2.01. The van der Waals surface area contributed by atoms with Crippen LogP contribution < -0.4 is 16.4 Å². The lowest BCUT2D eigenvalue weighted by molar-refractivity contribution is -0.00769. The van der Waals surface area contributed by atoms with Crippen LogP contribution in [-0.2, 0) is 0 Å². The zero-order valence-electron chi connectivity index (χ0n) is 4.52. The summed E-state index contributed by atoms with van der Waals surface area (Å²) in [6.07, 6.45) is 0. The first-order chi connectivity index (χ1) is 3.12. The number of aliphatic hydroxyl groups is 1. The Morgan fingerprint density at radius 1 is 1.43 bits per heavy atom. The first kappa shape index (κ1) is 6.84. The van der Waals surface area contributed by atoms with Crippen molar-refractivity contribution in [1.29, 1.82) is 0 Å². The molecule has 0 saturated carbocycles. The van der Waals surface area contributed by atoms with Gasteiger partial charge in [0.1, 0.15) is 0 Å². The van der Waals surface area contributed by atoms with E-state index in [1.807, 2.05) is 0 Å². The van der Waals surface area contributed by atoms with E-state index in [9.17, 15) is 0 Å². The summed E-state index contributed by atoms with van der Waals surface area (Å²) in [6.45, 7) is 0. The molecule has 0 rings (SSSR count). The standard InChI is InChI=1S/C3H11N3O/c1-5-3(4,7)6-2/h5-7H,4H2,1-2H3. The van der Waals surface area contributed by atoms with Crippen LogP contribution in [0.4, 0.5) is 0 Å². The molecule has 0 aliphatic carbocycles. The van der Waals surface area contributed by atoms with E-state index in [0.717, 1.165) is 0 Å². The molecule has 0 bridgehead atoms. The van der Waals surface area contributed by atoms with Gasteiger partial charge in [-0.25, -0.2) is 0 Å². The van der Waals surface area contributed by atoms with E-state index in [2.05, 4.69) is 10.6 Å². The monoisotopic (exact) mass is 105 g/mol. The fourth-order valence-electron chi connectivity index (χ4n) is 0.125. The van der Waals surface area contributed by atoms with E-state index >= 15 is 0 Å². The molecule has 4 heteroatoms. The van der Waals surface area contributed by atoms with Gasteiger partial charge in [0.15, 0.2) is 0 Å². The zero-order chi connectivity index (χ0) is 5.91. The number of hydrogen-bond donors (Lipinski definition) is 4. The Kier molecular flexibility index (Phi) is 2.17. The maximum Gasteiger partial charge on any atom is 0.229 e. The van der Waals surface area contributed by atoms with E-state index in [0.29, 0.717) is 0 Å². The molecule has 0 radical (unpaired) electrons. The fraction of sp³-hybridized carbons (Fsp3) is 1.00. The molecule has 0 aromatic carbocycles. The number of nitrogens with one attached hydrogen (secondary N) is 2. The van der Waals surface area contributed by atoms with Crippen LogP contribution in [0.5, 0.6) is 0 Å². The largest absolute Gasteiger partial charge is 0.351 e. The molecule has 0 saturated heterocycles. The predicted molar refractivity (Wildman–Crippen MR) is 27.3 cm³/mol. The molecule has 0 unspecified atom stereocenters. The van der Waals surface area contributed by atoms with Gasteiger partial charge < -0.3 is 5.11 Å². The van der Waals surface area contributed by atoms with Gasteiger partial charge in [0.2, 0.25) is 5.97 Å². The smallest absolute Gasteiger partial charge is 0.229 e. The average molecular weight is 105 g/mol. The number of hydrogen-bond acceptors (Lipinski definition) is 4. The summed E-state index contributed by atoms with van der Waals surface area (Å²) in [4.78, 5) is 0. The Morgan fingerprint density at radius 3 is 1.71 bits per heavy atom. The Bertz CT molecular complexity index is 48.1. The lowest BCUT2D eigenvalue weighted by Crippen LogP contribution is -2.61. The highest BCUT2D eigenvalue weighted by atomic mass is 16.3. The van der Waals surface area contributed by atoms with Crippen molar-refractivity contribution in [2.75, 3.05) is 14.1 Å². The van der Waals surface area contributed by atoms with Gasteiger partial charge in [0.05, 0.1) is 0 Å². The van der Waals surface area contributed by atoms with Crippen molar-refractivity contribution in [1.82, 2.24) is 10.6 Å². The topological polar surface area (TPSA) is 70.3 Å². The van der Waals surface area contributed by atoms with Crippen molar-refractivity contribution in [3.8, 4) is 0 Å². The van der Waals surface area contributed by atoms with Crippen LogP contribution in [0, 0.1) is 0 Å². The van der Waals surface area contributed by atoms with E-state index in [-0.39, 0.29) is 0 Å². The molecular weight excluding hydrogens is 94.1 g/mol. The predicted octanol–water partition coefficient (Wildman–Crippen LogP) is -2.01. The Morgan fingerprint density at radius 2 is 1.71 bits per heavy atom. The maximum atomic E-state index is 8.69. The lowest BCUT2D eigenvalue weighted by atomic mass is 10.7. The zero-order valence-corrected chi connectivity index (χ0v) is 4.52. The SMILES string of the molecule is CNC(N)(O)NC. The molecule has 0 aliphatic heterocycles. The van der Waals surface area contributed by atoms with Gasteiger partial charge in [-0.1, -0.05) is 0 Å². The first-order valence-electron chi connectivity index (χ1n) is 2.01. The third-order valence-corrected chi connectivity index (χ3v) is 0.762. The van der Waals surface area contributed by atoms with Crippen molar-refractivity contribution < 1.29 is 5.11 Å². The summed E-state index contributed by atoms with van der Waals surface area (Å²) in [6, 6.07) is 0. The minimum absolute atomic E-state index is 1.42. The summed E-state index contributed by atoms with van der Waals surface area (Å²) in [5.41, 5.74) is 5.05. The Labute approximate surface area is 42.7 Å². The van der Waals surface area contributed by atoms with Gasteiger partial charge in [-0.2, -0.15) is 0 Å². The molecule has 5 N–H and O–H groups in total. The Balaban J connectivity index is 3.36. The van der Waals surface area contributed by atoms with Crippen LogP contribution in [0.1, 0.15) is 0 Å². The molecule has 0 aromatic heterocycles. The summed E-state index contributed by atoms with van der Waals surface area (Å²) < 4.78 is 0. The normalized spacial score (nSPS) is 12.0. The van der Waals surface area contributed by atoms with E-state index in [1.165, 1.54) is 0 Å². The third-order valence-electron chi connectivity index (χ3n) is 0.762. The molecular formula is C3H11N3O. The molecule has 0 heterocycles. The van der Waals surface area contributed by atoms with Crippen molar-refractivity contribution in [2.24, 2.45) is 5.73 Å². The van der Waals surface area contributed by atoms with Gasteiger partial charge in [0, 0.05) is 0 Å². The second kappa shape index (κ2) is 2.23. The highest BCUT2D eigenvalue weighted by Gasteiger charge is 2.11. The maximum absolute atomic E-state index is 8.69. The Hall–Kier alpha value is -0.160. The van der Waals surface area contributed by atoms with E-state index in [1.54, 1.807) is 14.1 Å². The highest BCUT2D eigenvalue weighted by molar-refractivity contribution is 4.55. The van der Waals surface area contributed by atoms with Crippen molar-refractivity contribution >= 4 is 0 Å². The minimum Gasteiger partial charge on any atom is -0.351 e. The van der Waals surface area contributed by atoms with Crippen LogP contribution in [0.25, 0.3) is 0 Å². The summed E-state index contributed by atoms with van der Waals surface area (Å²) in [5, 5.41) is 13.5.